The van der Waals surface area contributed by atoms with Crippen LogP contribution in [0.1, 0.15) is 30.9 Å². The molecule has 2 aromatic rings. The van der Waals surface area contributed by atoms with E-state index in [-0.39, 0.29) is 37.5 Å². The van der Waals surface area contributed by atoms with E-state index in [0.29, 0.717) is 29.0 Å². The normalized spacial score (nSPS) is 13.4. The van der Waals surface area contributed by atoms with Gasteiger partial charge in [-0.3, -0.25) is 24.2 Å². The van der Waals surface area contributed by atoms with Gasteiger partial charge in [0, 0.05) is 13.0 Å². The number of benzene rings is 2. The summed E-state index contributed by atoms with van der Waals surface area (Å²) in [7, 11) is 2.95. The van der Waals surface area contributed by atoms with Crippen LogP contribution in [0.15, 0.2) is 47.5 Å². The summed E-state index contributed by atoms with van der Waals surface area (Å²) in [5.41, 5.74) is 23.6. The number of hydrogen-bond donors (Lipinski definition) is 8. The molecular formula is C29H42N8O7. The molecule has 4 amide bonds. The molecule has 0 unspecified atom stereocenters. The van der Waals surface area contributed by atoms with E-state index in [1.54, 1.807) is 30.3 Å². The minimum Gasteiger partial charge on any atom is -0.508 e. The second kappa shape index (κ2) is 17.2. The van der Waals surface area contributed by atoms with E-state index in [4.69, 9.17) is 32.4 Å². The first kappa shape index (κ1) is 35.1. The van der Waals surface area contributed by atoms with Gasteiger partial charge in [0.15, 0.2) is 17.5 Å². The maximum absolute atomic E-state index is 13.6. The molecule has 0 aliphatic rings. The molecule has 15 nitrogen and oxygen atoms in total. The molecule has 2 aromatic carbocycles. The van der Waals surface area contributed by atoms with Crippen LogP contribution in [0.3, 0.4) is 0 Å². The number of primary amides is 1. The highest BCUT2D eigenvalue weighted by Gasteiger charge is 2.29. The SMILES string of the molecule is COc1ccc(C[C@H](NC(=O)[C@@H](CCCN=C(N)N)NC(=O)[C@@H](N)Cc2ccc(O)cc2)C(=O)N[C@@H](C)C(N)=O)cc1OC. The van der Waals surface area contributed by atoms with Crippen LogP contribution in [0.25, 0.3) is 0 Å². The van der Waals surface area contributed by atoms with Crippen LogP contribution in [0.2, 0.25) is 0 Å². The first-order chi connectivity index (χ1) is 20.8. The number of rotatable bonds is 17. The van der Waals surface area contributed by atoms with Gasteiger partial charge in [0.2, 0.25) is 23.6 Å². The lowest BCUT2D eigenvalue weighted by atomic mass is 10.0. The van der Waals surface area contributed by atoms with E-state index in [1.165, 1.54) is 33.3 Å². The first-order valence-corrected chi connectivity index (χ1v) is 13.8. The molecular weight excluding hydrogens is 572 g/mol. The number of ether oxygens (including phenoxy) is 2. The third-order valence-corrected chi connectivity index (χ3v) is 6.61. The lowest BCUT2D eigenvalue weighted by Crippen LogP contribution is -2.57. The van der Waals surface area contributed by atoms with Crippen molar-refractivity contribution in [2.45, 2.75) is 56.8 Å². The Hall–Kier alpha value is -5.05. The average molecular weight is 615 g/mol. The number of nitrogens with zero attached hydrogens (tertiary/aromatic N) is 1. The van der Waals surface area contributed by atoms with E-state index >= 15 is 0 Å². The molecule has 0 heterocycles. The van der Waals surface area contributed by atoms with Crippen LogP contribution in [0.5, 0.6) is 17.2 Å². The molecule has 4 atom stereocenters. The van der Waals surface area contributed by atoms with Gasteiger partial charge in [-0.2, -0.15) is 0 Å². The van der Waals surface area contributed by atoms with E-state index in [9.17, 15) is 24.3 Å². The molecule has 0 saturated heterocycles. The van der Waals surface area contributed by atoms with E-state index in [1.807, 2.05) is 0 Å². The van der Waals surface area contributed by atoms with Crippen LogP contribution < -0.4 is 48.4 Å². The van der Waals surface area contributed by atoms with Crippen LogP contribution in [-0.4, -0.2) is 79.6 Å². The lowest BCUT2D eigenvalue weighted by Gasteiger charge is -2.25. The molecule has 0 aliphatic carbocycles. The van der Waals surface area contributed by atoms with Gasteiger partial charge in [-0.25, -0.2) is 0 Å². The lowest BCUT2D eigenvalue weighted by molar-refractivity contribution is -0.133. The van der Waals surface area contributed by atoms with Crippen molar-refractivity contribution in [2.75, 3.05) is 20.8 Å². The summed E-state index contributed by atoms with van der Waals surface area (Å²) in [5, 5.41) is 17.3. The average Bonchev–Trinajstić information content (AvgIpc) is 2.98. The Kier molecular flexibility index (Phi) is 13.7. The van der Waals surface area contributed by atoms with Crippen LogP contribution in [0, 0.1) is 0 Å². The van der Waals surface area contributed by atoms with Gasteiger partial charge in [0.25, 0.3) is 0 Å². The summed E-state index contributed by atoms with van der Waals surface area (Å²) in [4.78, 5) is 55.4. The van der Waals surface area contributed by atoms with Crippen molar-refractivity contribution in [1.82, 2.24) is 16.0 Å². The van der Waals surface area contributed by atoms with E-state index in [0.717, 1.165) is 0 Å². The van der Waals surface area contributed by atoms with Crippen molar-refractivity contribution >= 4 is 29.6 Å². The maximum Gasteiger partial charge on any atom is 0.243 e. The number of guanidine groups is 1. The molecule has 0 bridgehead atoms. The predicted octanol–water partition coefficient (Wildman–Crippen LogP) is -1.46. The number of methoxy groups -OCH3 is 2. The number of nitrogens with one attached hydrogen (secondary N) is 3. The minimum absolute atomic E-state index is 0.00154. The maximum atomic E-state index is 13.6. The highest BCUT2D eigenvalue weighted by molar-refractivity contribution is 5.94. The van der Waals surface area contributed by atoms with Crippen molar-refractivity contribution in [1.29, 1.82) is 0 Å². The fourth-order valence-electron chi connectivity index (χ4n) is 4.14. The molecule has 12 N–H and O–H groups in total. The Morgan fingerprint density at radius 1 is 0.818 bits per heavy atom. The predicted molar refractivity (Wildman–Crippen MR) is 164 cm³/mol. The number of hydrogen-bond acceptors (Lipinski definition) is 9. The van der Waals surface area contributed by atoms with Crippen LogP contribution in [0.4, 0.5) is 0 Å². The smallest absolute Gasteiger partial charge is 0.243 e. The molecule has 0 aliphatic heterocycles. The molecule has 0 radical (unpaired) electrons. The van der Waals surface area contributed by atoms with Gasteiger partial charge < -0.3 is 53.5 Å². The highest BCUT2D eigenvalue weighted by atomic mass is 16.5. The number of nitrogens with two attached hydrogens (primary N) is 4. The summed E-state index contributed by atoms with van der Waals surface area (Å²) in [5.74, 6) is -1.89. The molecule has 0 aromatic heterocycles. The number of carbonyl (C=O) groups is 4. The summed E-state index contributed by atoms with van der Waals surface area (Å²) >= 11 is 0. The Bertz CT molecular complexity index is 1320. The molecule has 0 fully saturated rings. The van der Waals surface area contributed by atoms with E-state index in [2.05, 4.69) is 20.9 Å². The molecule has 0 saturated carbocycles. The largest absolute Gasteiger partial charge is 0.508 e. The summed E-state index contributed by atoms with van der Waals surface area (Å²) in [6.45, 7) is 1.60. The zero-order valence-electron chi connectivity index (χ0n) is 25.0. The molecule has 2 rings (SSSR count). The number of phenolic OH excluding ortho intramolecular Hbond substituents is 1. The fraction of sp³-hybridized carbons (Fsp3) is 0.414. The van der Waals surface area contributed by atoms with E-state index < -0.39 is 47.8 Å². The van der Waals surface area contributed by atoms with Crippen molar-refractivity contribution in [3.63, 3.8) is 0 Å². The number of aliphatic imine (C=N–C) groups is 1. The summed E-state index contributed by atoms with van der Waals surface area (Å²) in [6, 6.07) is 6.89. The summed E-state index contributed by atoms with van der Waals surface area (Å²) in [6.07, 6.45) is 0.569. The number of phenols is 1. The second-order valence-corrected chi connectivity index (χ2v) is 10.1. The van der Waals surface area contributed by atoms with Gasteiger partial charge in [-0.05, 0) is 61.6 Å². The molecule has 15 heteroatoms. The van der Waals surface area contributed by atoms with Gasteiger partial charge >= 0.3 is 0 Å². The van der Waals surface area contributed by atoms with Crippen molar-refractivity contribution in [3.05, 3.63) is 53.6 Å². The monoisotopic (exact) mass is 614 g/mol. The first-order valence-electron chi connectivity index (χ1n) is 13.8. The zero-order chi connectivity index (χ0) is 32.8. The molecule has 240 valence electrons. The van der Waals surface area contributed by atoms with Gasteiger partial charge in [-0.15, -0.1) is 0 Å². The van der Waals surface area contributed by atoms with Gasteiger partial charge in [0.05, 0.1) is 20.3 Å². The van der Waals surface area contributed by atoms with Gasteiger partial charge in [-0.1, -0.05) is 18.2 Å². The quantitative estimate of drug-likeness (QED) is 0.0583. The molecule has 0 spiro atoms. The number of carbonyl (C=O) groups excluding carboxylic acids is 4. The zero-order valence-corrected chi connectivity index (χ0v) is 25.0. The third-order valence-electron chi connectivity index (χ3n) is 6.61. The Morgan fingerprint density at radius 2 is 1.41 bits per heavy atom. The summed E-state index contributed by atoms with van der Waals surface area (Å²) < 4.78 is 10.6. The molecule has 44 heavy (non-hydrogen) atoms. The second-order valence-electron chi connectivity index (χ2n) is 10.1. The Labute approximate surface area is 255 Å². The van der Waals surface area contributed by atoms with Gasteiger partial charge in [0.1, 0.15) is 23.9 Å². The fourth-order valence-corrected chi connectivity index (χ4v) is 4.14. The third kappa shape index (κ3) is 11.3. The topological polar surface area (TPSA) is 260 Å². The van der Waals surface area contributed by atoms with Crippen LogP contribution in [-0.2, 0) is 32.0 Å². The van der Waals surface area contributed by atoms with Crippen LogP contribution >= 0.6 is 0 Å². The van der Waals surface area contributed by atoms with Crippen molar-refractivity contribution in [2.24, 2.45) is 27.9 Å². The standard InChI is InChI=1S/C29H42N8O7/c1-16(25(31)39)35-28(42)22(14-18-8-11-23(43-2)24(15-18)44-3)37-27(41)21(5-4-12-34-29(32)33)36-26(40)20(30)13-17-6-9-19(38)10-7-17/h6-11,15-16,20-22,38H,4-5,12-14,30H2,1-3H3,(H2,31,39)(H,35,42)(H,36,40)(H,37,41)(H4,32,33,34)/t16-,20-,21+,22-/m0/s1. The Balaban J connectivity index is 2.29. The Morgan fingerprint density at radius 3 is 2.00 bits per heavy atom. The number of aromatic hydroxyl groups is 1. The van der Waals surface area contributed by atoms with Crippen molar-refractivity contribution in [3.8, 4) is 17.2 Å². The van der Waals surface area contributed by atoms with Crippen molar-refractivity contribution < 1.29 is 33.8 Å². The number of amides is 4. The minimum atomic E-state index is -1.18. The highest BCUT2D eigenvalue weighted by Crippen LogP contribution is 2.28.